The van der Waals surface area contributed by atoms with Crippen molar-refractivity contribution < 1.29 is 14.6 Å². The first-order chi connectivity index (χ1) is 8.24. The topological polar surface area (TPSA) is 51.6 Å². The van der Waals surface area contributed by atoms with Crippen LogP contribution in [0.25, 0.3) is 10.9 Å². The lowest BCUT2D eigenvalue weighted by molar-refractivity contribution is 0.288. The molecule has 0 spiro atoms. The SMILES string of the molecule is CCOc1cc2cc(O)cnc2cc1OCC. The Kier molecular flexibility index (Phi) is 3.32. The molecule has 0 atom stereocenters. The Balaban J connectivity index is 2.55. The summed E-state index contributed by atoms with van der Waals surface area (Å²) in [6.45, 7) is 4.98. The summed E-state index contributed by atoms with van der Waals surface area (Å²) < 4.78 is 11.0. The van der Waals surface area contributed by atoms with Crippen molar-refractivity contribution in [1.29, 1.82) is 0 Å². The van der Waals surface area contributed by atoms with Crippen molar-refractivity contribution in [3.8, 4) is 17.2 Å². The maximum atomic E-state index is 9.39. The lowest BCUT2D eigenvalue weighted by atomic mass is 10.2. The number of rotatable bonds is 4. The van der Waals surface area contributed by atoms with Crippen molar-refractivity contribution in [3.63, 3.8) is 0 Å². The molecular weight excluding hydrogens is 218 g/mol. The van der Waals surface area contributed by atoms with Crippen molar-refractivity contribution in [1.82, 2.24) is 4.98 Å². The Morgan fingerprint density at radius 2 is 1.71 bits per heavy atom. The van der Waals surface area contributed by atoms with Crippen LogP contribution < -0.4 is 9.47 Å². The van der Waals surface area contributed by atoms with E-state index < -0.39 is 0 Å². The fourth-order valence-electron chi connectivity index (χ4n) is 1.66. The minimum absolute atomic E-state index is 0.143. The fourth-order valence-corrected chi connectivity index (χ4v) is 1.66. The summed E-state index contributed by atoms with van der Waals surface area (Å²) in [5.41, 5.74) is 0.773. The van der Waals surface area contributed by atoms with Gasteiger partial charge in [0, 0.05) is 11.5 Å². The zero-order valence-corrected chi connectivity index (χ0v) is 9.93. The minimum Gasteiger partial charge on any atom is -0.506 e. The molecule has 0 aliphatic rings. The molecule has 2 rings (SSSR count). The van der Waals surface area contributed by atoms with Gasteiger partial charge in [-0.15, -0.1) is 0 Å². The molecule has 0 saturated carbocycles. The van der Waals surface area contributed by atoms with Gasteiger partial charge in [0.05, 0.1) is 24.9 Å². The Bertz CT molecular complexity index is 525. The molecule has 4 nitrogen and oxygen atoms in total. The molecule has 0 aliphatic carbocycles. The van der Waals surface area contributed by atoms with Crippen molar-refractivity contribution in [3.05, 3.63) is 24.4 Å². The van der Waals surface area contributed by atoms with Gasteiger partial charge in [0.2, 0.25) is 0 Å². The van der Waals surface area contributed by atoms with Crippen LogP contribution in [-0.4, -0.2) is 23.3 Å². The van der Waals surface area contributed by atoms with Crippen LogP contribution in [0, 0.1) is 0 Å². The number of nitrogens with zero attached hydrogens (tertiary/aromatic N) is 1. The van der Waals surface area contributed by atoms with Crippen LogP contribution in [-0.2, 0) is 0 Å². The maximum Gasteiger partial charge on any atom is 0.163 e. The predicted molar refractivity (Wildman–Crippen MR) is 65.7 cm³/mol. The van der Waals surface area contributed by atoms with Crippen molar-refractivity contribution in [2.45, 2.75) is 13.8 Å². The van der Waals surface area contributed by atoms with Gasteiger partial charge in [-0.1, -0.05) is 0 Å². The highest BCUT2D eigenvalue weighted by molar-refractivity contribution is 5.83. The zero-order chi connectivity index (χ0) is 12.3. The molecule has 0 fully saturated rings. The number of aromatic hydroxyl groups is 1. The van der Waals surface area contributed by atoms with Gasteiger partial charge < -0.3 is 14.6 Å². The van der Waals surface area contributed by atoms with Crippen LogP contribution in [0.15, 0.2) is 24.4 Å². The van der Waals surface area contributed by atoms with Crippen LogP contribution in [0.1, 0.15) is 13.8 Å². The number of pyridine rings is 1. The van der Waals surface area contributed by atoms with E-state index in [0.29, 0.717) is 24.7 Å². The summed E-state index contributed by atoms with van der Waals surface area (Å²) >= 11 is 0. The van der Waals surface area contributed by atoms with Crippen LogP contribution in [0.5, 0.6) is 17.2 Å². The molecule has 0 amide bonds. The van der Waals surface area contributed by atoms with E-state index in [1.165, 1.54) is 6.20 Å². The van der Waals surface area contributed by atoms with E-state index in [0.717, 1.165) is 10.9 Å². The van der Waals surface area contributed by atoms with Gasteiger partial charge in [-0.3, -0.25) is 4.98 Å². The van der Waals surface area contributed by atoms with Gasteiger partial charge in [-0.25, -0.2) is 0 Å². The standard InChI is InChI=1S/C13H15NO3/c1-3-16-12-6-9-5-10(15)8-14-11(9)7-13(12)17-4-2/h5-8,15H,3-4H2,1-2H3. The lowest BCUT2D eigenvalue weighted by Crippen LogP contribution is -1.98. The van der Waals surface area contributed by atoms with Crippen LogP contribution >= 0.6 is 0 Å². The van der Waals surface area contributed by atoms with Gasteiger partial charge >= 0.3 is 0 Å². The first kappa shape index (κ1) is 11.5. The van der Waals surface area contributed by atoms with E-state index in [-0.39, 0.29) is 5.75 Å². The Labute approximate surface area is 99.8 Å². The summed E-state index contributed by atoms with van der Waals surface area (Å²) in [6, 6.07) is 5.31. The highest BCUT2D eigenvalue weighted by Gasteiger charge is 2.08. The van der Waals surface area contributed by atoms with E-state index in [1.807, 2.05) is 26.0 Å². The van der Waals surface area contributed by atoms with E-state index in [2.05, 4.69) is 4.98 Å². The first-order valence-corrected chi connectivity index (χ1v) is 5.63. The fraction of sp³-hybridized carbons (Fsp3) is 0.308. The molecule has 1 heterocycles. The summed E-state index contributed by atoms with van der Waals surface area (Å²) in [5, 5.41) is 10.2. The van der Waals surface area contributed by atoms with Gasteiger partial charge in [0.15, 0.2) is 11.5 Å². The second-order valence-electron chi connectivity index (χ2n) is 3.55. The second kappa shape index (κ2) is 4.91. The number of hydrogen-bond acceptors (Lipinski definition) is 4. The third-order valence-electron chi connectivity index (χ3n) is 2.33. The molecule has 90 valence electrons. The van der Waals surface area contributed by atoms with Crippen molar-refractivity contribution >= 4 is 10.9 Å². The molecule has 0 aliphatic heterocycles. The minimum atomic E-state index is 0.143. The highest BCUT2D eigenvalue weighted by Crippen LogP contribution is 2.32. The van der Waals surface area contributed by atoms with Crippen LogP contribution in [0.4, 0.5) is 0 Å². The summed E-state index contributed by atoms with van der Waals surface area (Å²) in [4.78, 5) is 4.14. The molecule has 4 heteroatoms. The van der Waals surface area contributed by atoms with E-state index in [9.17, 15) is 5.11 Å². The number of benzene rings is 1. The number of hydrogen-bond donors (Lipinski definition) is 1. The molecule has 0 radical (unpaired) electrons. The average molecular weight is 233 g/mol. The van der Waals surface area contributed by atoms with Gasteiger partial charge in [0.1, 0.15) is 5.75 Å². The van der Waals surface area contributed by atoms with Gasteiger partial charge in [-0.05, 0) is 26.0 Å². The average Bonchev–Trinajstić information content (AvgIpc) is 2.31. The molecular formula is C13H15NO3. The van der Waals surface area contributed by atoms with E-state index >= 15 is 0 Å². The van der Waals surface area contributed by atoms with Gasteiger partial charge in [0.25, 0.3) is 0 Å². The third kappa shape index (κ3) is 2.41. The van der Waals surface area contributed by atoms with E-state index in [4.69, 9.17) is 9.47 Å². The summed E-state index contributed by atoms with van der Waals surface area (Å²) in [7, 11) is 0. The molecule has 0 bridgehead atoms. The summed E-state index contributed by atoms with van der Waals surface area (Å²) in [5.74, 6) is 1.50. The highest BCUT2D eigenvalue weighted by atomic mass is 16.5. The number of ether oxygens (including phenoxy) is 2. The summed E-state index contributed by atoms with van der Waals surface area (Å²) in [6.07, 6.45) is 1.42. The molecule has 2 aromatic rings. The zero-order valence-electron chi connectivity index (χ0n) is 9.93. The van der Waals surface area contributed by atoms with Crippen molar-refractivity contribution in [2.75, 3.05) is 13.2 Å². The molecule has 1 aromatic heterocycles. The maximum absolute atomic E-state index is 9.39. The third-order valence-corrected chi connectivity index (χ3v) is 2.33. The Morgan fingerprint density at radius 3 is 2.35 bits per heavy atom. The monoisotopic (exact) mass is 233 g/mol. The Morgan fingerprint density at radius 1 is 1.06 bits per heavy atom. The molecule has 1 aromatic carbocycles. The predicted octanol–water partition coefficient (Wildman–Crippen LogP) is 2.74. The smallest absolute Gasteiger partial charge is 0.163 e. The normalized spacial score (nSPS) is 10.5. The quantitative estimate of drug-likeness (QED) is 0.882. The molecule has 0 saturated heterocycles. The first-order valence-electron chi connectivity index (χ1n) is 5.63. The van der Waals surface area contributed by atoms with Crippen LogP contribution in [0.3, 0.4) is 0 Å². The molecule has 0 unspecified atom stereocenters. The number of aromatic nitrogens is 1. The van der Waals surface area contributed by atoms with E-state index in [1.54, 1.807) is 6.07 Å². The number of fused-ring (bicyclic) bond motifs is 1. The largest absolute Gasteiger partial charge is 0.506 e. The Hall–Kier alpha value is -1.97. The van der Waals surface area contributed by atoms with Crippen molar-refractivity contribution in [2.24, 2.45) is 0 Å². The molecule has 17 heavy (non-hydrogen) atoms. The van der Waals surface area contributed by atoms with Gasteiger partial charge in [-0.2, -0.15) is 0 Å². The van der Waals surface area contributed by atoms with Crippen LogP contribution in [0.2, 0.25) is 0 Å². The molecule has 1 N–H and O–H groups in total. The lowest BCUT2D eigenvalue weighted by Gasteiger charge is -2.11. The second-order valence-corrected chi connectivity index (χ2v) is 3.55.